The van der Waals surface area contributed by atoms with Crippen molar-refractivity contribution in [2.45, 2.75) is 6.54 Å². The highest BCUT2D eigenvalue weighted by molar-refractivity contribution is 6.31. The van der Waals surface area contributed by atoms with Gasteiger partial charge in [0.15, 0.2) is 6.61 Å². The van der Waals surface area contributed by atoms with E-state index in [9.17, 15) is 18.4 Å². The van der Waals surface area contributed by atoms with E-state index in [0.717, 1.165) is 6.07 Å². The fraction of sp³-hybridized carbons (Fsp3) is 0.0909. The molecule has 0 bridgehead atoms. The van der Waals surface area contributed by atoms with Gasteiger partial charge in [0, 0.05) is 21.8 Å². The zero-order valence-corrected chi connectivity index (χ0v) is 16.2. The van der Waals surface area contributed by atoms with Crippen LogP contribution in [0.3, 0.4) is 0 Å². The van der Waals surface area contributed by atoms with Crippen LogP contribution >= 0.6 is 11.6 Å². The highest BCUT2D eigenvalue weighted by atomic mass is 35.5. The molecule has 30 heavy (non-hydrogen) atoms. The van der Waals surface area contributed by atoms with Crippen molar-refractivity contribution in [2.75, 3.05) is 16.8 Å². The van der Waals surface area contributed by atoms with Gasteiger partial charge in [0.25, 0.3) is 11.8 Å². The largest absolute Gasteiger partial charge is 0.482 e. The predicted molar refractivity (Wildman–Crippen MR) is 109 cm³/mol. The SMILES string of the molecule is O=C(Nc1ccc2c(c1)N(Cc1c(F)cccc1Cl)C(=O)CO2)c1cccc(F)c1. The van der Waals surface area contributed by atoms with Crippen LogP contribution in [0.2, 0.25) is 5.02 Å². The summed E-state index contributed by atoms with van der Waals surface area (Å²) < 4.78 is 33.1. The zero-order valence-electron chi connectivity index (χ0n) is 15.5. The molecule has 5 nitrogen and oxygen atoms in total. The molecule has 0 radical (unpaired) electrons. The standard InChI is InChI=1S/C22H15ClF2N2O3/c23-17-5-2-6-18(25)16(17)11-27-19-10-15(7-8-20(19)30-12-21(27)28)26-22(29)13-3-1-4-14(24)9-13/h1-10H,11-12H2,(H,26,29). The number of anilines is 2. The van der Waals surface area contributed by atoms with Gasteiger partial charge in [-0.05, 0) is 48.5 Å². The summed E-state index contributed by atoms with van der Waals surface area (Å²) in [4.78, 5) is 26.2. The van der Waals surface area contributed by atoms with Crippen molar-refractivity contribution in [2.24, 2.45) is 0 Å². The maximum Gasteiger partial charge on any atom is 0.265 e. The number of hydrogen-bond donors (Lipinski definition) is 1. The van der Waals surface area contributed by atoms with Gasteiger partial charge in [-0.2, -0.15) is 0 Å². The van der Waals surface area contributed by atoms with Crippen LogP contribution in [0.1, 0.15) is 15.9 Å². The molecule has 3 aromatic carbocycles. The quantitative estimate of drug-likeness (QED) is 0.649. The number of benzene rings is 3. The summed E-state index contributed by atoms with van der Waals surface area (Å²) in [5.41, 5.74) is 1.05. The normalized spacial score (nSPS) is 12.9. The van der Waals surface area contributed by atoms with Gasteiger partial charge in [0.2, 0.25) is 0 Å². The smallest absolute Gasteiger partial charge is 0.265 e. The number of nitrogens with one attached hydrogen (secondary N) is 1. The summed E-state index contributed by atoms with van der Waals surface area (Å²) in [5, 5.41) is 2.86. The highest BCUT2D eigenvalue weighted by Gasteiger charge is 2.27. The maximum absolute atomic E-state index is 14.2. The van der Waals surface area contributed by atoms with Gasteiger partial charge in [-0.3, -0.25) is 9.59 Å². The highest BCUT2D eigenvalue weighted by Crippen LogP contribution is 2.36. The summed E-state index contributed by atoms with van der Waals surface area (Å²) in [6.45, 7) is -0.296. The first kappa shape index (κ1) is 19.8. The molecule has 8 heteroatoms. The Bertz CT molecular complexity index is 1130. The summed E-state index contributed by atoms with van der Waals surface area (Å²) in [6.07, 6.45) is 0. The Labute approximate surface area is 175 Å². The fourth-order valence-electron chi connectivity index (χ4n) is 3.13. The number of amides is 2. The van der Waals surface area contributed by atoms with Gasteiger partial charge in [-0.1, -0.05) is 23.7 Å². The van der Waals surface area contributed by atoms with Crippen LogP contribution in [0.25, 0.3) is 0 Å². The molecular weight excluding hydrogens is 414 g/mol. The fourth-order valence-corrected chi connectivity index (χ4v) is 3.35. The maximum atomic E-state index is 14.2. The number of nitrogens with zero attached hydrogens (tertiary/aromatic N) is 1. The number of ether oxygens (including phenoxy) is 1. The van der Waals surface area contributed by atoms with E-state index >= 15 is 0 Å². The lowest BCUT2D eigenvalue weighted by Gasteiger charge is -2.30. The molecule has 0 saturated carbocycles. The second kappa shape index (κ2) is 8.12. The first-order valence-corrected chi connectivity index (χ1v) is 9.37. The van der Waals surface area contributed by atoms with Crippen molar-refractivity contribution in [1.82, 2.24) is 0 Å². The van der Waals surface area contributed by atoms with Gasteiger partial charge >= 0.3 is 0 Å². The third-order valence-corrected chi connectivity index (χ3v) is 4.98. The van der Waals surface area contributed by atoms with Crippen molar-refractivity contribution in [1.29, 1.82) is 0 Å². The summed E-state index contributed by atoms with van der Waals surface area (Å²) in [7, 11) is 0. The molecule has 1 aliphatic rings. The van der Waals surface area contributed by atoms with Crippen molar-refractivity contribution in [3.05, 3.63) is 88.4 Å². The number of hydrogen-bond acceptors (Lipinski definition) is 3. The topological polar surface area (TPSA) is 58.6 Å². The summed E-state index contributed by atoms with van der Waals surface area (Å²) in [5.74, 6) is -1.54. The van der Waals surface area contributed by atoms with Gasteiger partial charge < -0.3 is 15.0 Å². The number of carbonyl (C=O) groups excluding carboxylic acids is 2. The lowest BCUT2D eigenvalue weighted by molar-refractivity contribution is -0.121. The van der Waals surface area contributed by atoms with Crippen molar-refractivity contribution >= 4 is 34.8 Å². The van der Waals surface area contributed by atoms with Crippen LogP contribution in [0.15, 0.2) is 60.7 Å². The van der Waals surface area contributed by atoms with Crippen molar-refractivity contribution < 1.29 is 23.1 Å². The molecule has 0 aliphatic carbocycles. The molecule has 0 unspecified atom stereocenters. The molecule has 0 fully saturated rings. The molecule has 2 amide bonds. The Hall–Kier alpha value is -3.45. The molecule has 1 N–H and O–H groups in total. The van der Waals surface area contributed by atoms with Crippen molar-refractivity contribution in [3.63, 3.8) is 0 Å². The Morgan fingerprint density at radius 3 is 2.67 bits per heavy atom. The molecule has 3 aromatic rings. The molecule has 0 atom stereocenters. The van der Waals surface area contributed by atoms with Crippen LogP contribution in [0.4, 0.5) is 20.2 Å². The molecule has 1 heterocycles. The average molecular weight is 429 g/mol. The monoisotopic (exact) mass is 428 g/mol. The van der Waals surface area contributed by atoms with E-state index in [2.05, 4.69) is 5.32 Å². The molecule has 152 valence electrons. The number of carbonyl (C=O) groups is 2. The minimum absolute atomic E-state index is 0.0952. The molecule has 1 aliphatic heterocycles. The van der Waals surface area contributed by atoms with E-state index < -0.39 is 17.5 Å². The molecule has 0 aromatic heterocycles. The molecule has 0 saturated heterocycles. The van der Waals surface area contributed by atoms with Gasteiger partial charge in [0.05, 0.1) is 12.2 Å². The Balaban J connectivity index is 1.64. The lowest BCUT2D eigenvalue weighted by atomic mass is 10.1. The second-order valence-electron chi connectivity index (χ2n) is 6.62. The minimum atomic E-state index is -0.529. The number of halogens is 3. The van der Waals surface area contributed by atoms with E-state index in [4.69, 9.17) is 16.3 Å². The summed E-state index contributed by atoms with van der Waals surface area (Å²) >= 11 is 6.11. The molecular formula is C22H15ClF2N2O3. The predicted octanol–water partition coefficient (Wildman–Crippen LogP) is 4.80. The first-order chi connectivity index (χ1) is 14.4. The third kappa shape index (κ3) is 3.97. The Morgan fingerprint density at radius 1 is 1.10 bits per heavy atom. The number of fused-ring (bicyclic) bond motifs is 1. The van der Waals surface area contributed by atoms with E-state index in [1.165, 1.54) is 35.2 Å². The van der Waals surface area contributed by atoms with E-state index in [1.54, 1.807) is 24.3 Å². The first-order valence-electron chi connectivity index (χ1n) is 8.99. The van der Waals surface area contributed by atoms with Crippen LogP contribution in [0.5, 0.6) is 5.75 Å². The van der Waals surface area contributed by atoms with Crippen LogP contribution in [0, 0.1) is 11.6 Å². The zero-order chi connectivity index (χ0) is 21.3. The van der Waals surface area contributed by atoms with Crippen LogP contribution in [-0.4, -0.2) is 18.4 Å². The van der Waals surface area contributed by atoms with Crippen LogP contribution < -0.4 is 15.0 Å². The van der Waals surface area contributed by atoms with Gasteiger partial charge in [0.1, 0.15) is 17.4 Å². The second-order valence-corrected chi connectivity index (χ2v) is 7.02. The third-order valence-electron chi connectivity index (χ3n) is 4.62. The van der Waals surface area contributed by atoms with Gasteiger partial charge in [-0.15, -0.1) is 0 Å². The lowest BCUT2D eigenvalue weighted by Crippen LogP contribution is -2.38. The van der Waals surface area contributed by atoms with E-state index in [-0.39, 0.29) is 35.2 Å². The Kier molecular flexibility index (Phi) is 5.37. The van der Waals surface area contributed by atoms with Gasteiger partial charge in [-0.25, -0.2) is 8.78 Å². The van der Waals surface area contributed by atoms with Crippen molar-refractivity contribution in [3.8, 4) is 5.75 Å². The Morgan fingerprint density at radius 2 is 1.90 bits per heavy atom. The minimum Gasteiger partial charge on any atom is -0.482 e. The average Bonchev–Trinajstić information content (AvgIpc) is 2.72. The molecule has 0 spiro atoms. The number of rotatable bonds is 4. The van der Waals surface area contributed by atoms with Crippen LogP contribution in [-0.2, 0) is 11.3 Å². The van der Waals surface area contributed by atoms with E-state index in [0.29, 0.717) is 17.1 Å². The summed E-state index contributed by atoms with van der Waals surface area (Å²) in [6, 6.07) is 14.3. The van der Waals surface area contributed by atoms with E-state index in [1.807, 2.05) is 0 Å². The molecule has 4 rings (SSSR count).